The van der Waals surface area contributed by atoms with Gasteiger partial charge in [0.1, 0.15) is 16.3 Å². The molecule has 3 N–H and O–H groups in total. The topological polar surface area (TPSA) is 86.9 Å². The number of rotatable bonds is 4. The van der Waals surface area contributed by atoms with Gasteiger partial charge >= 0.3 is 0 Å². The van der Waals surface area contributed by atoms with E-state index >= 15 is 0 Å². The molecule has 1 heterocycles. The second-order valence-corrected chi connectivity index (χ2v) is 4.84. The molecule has 6 nitrogen and oxygen atoms in total. The molecule has 1 saturated carbocycles. The smallest absolute Gasteiger partial charge is 0.267 e. The summed E-state index contributed by atoms with van der Waals surface area (Å²) in [5.41, 5.74) is -0.280. The Morgan fingerprint density at radius 3 is 3.00 bits per heavy atom. The van der Waals surface area contributed by atoms with Crippen molar-refractivity contribution >= 4 is 27.7 Å². The number of aromatic nitrogens is 2. The van der Waals surface area contributed by atoms with Gasteiger partial charge in [-0.25, -0.2) is 4.98 Å². The van der Waals surface area contributed by atoms with Gasteiger partial charge < -0.3 is 15.6 Å². The number of H-pyrrole nitrogens is 1. The molecule has 1 fully saturated rings. The first-order valence-corrected chi connectivity index (χ1v) is 6.17. The summed E-state index contributed by atoms with van der Waals surface area (Å²) in [4.78, 5) is 29.4. The van der Waals surface area contributed by atoms with E-state index in [0.29, 0.717) is 16.3 Å². The first kappa shape index (κ1) is 12.1. The Hall–Kier alpha value is -1.37. The molecule has 1 amide bonds. The van der Waals surface area contributed by atoms with Gasteiger partial charge in [0.25, 0.3) is 5.56 Å². The van der Waals surface area contributed by atoms with E-state index in [1.807, 2.05) is 0 Å². The number of carbonyl (C=O) groups is 1. The molecular weight excluding hydrogens is 288 g/mol. The molecule has 0 spiro atoms. The minimum atomic E-state index is -0.429. The second kappa shape index (κ2) is 4.87. The number of halogens is 1. The predicted octanol–water partition coefficient (Wildman–Crippen LogP) is 0.611. The Balaban J connectivity index is 2.01. The Labute approximate surface area is 106 Å². The van der Waals surface area contributed by atoms with Crippen LogP contribution in [0.15, 0.2) is 15.6 Å². The summed E-state index contributed by atoms with van der Waals surface area (Å²) in [5.74, 6) is 0.286. The maximum absolute atomic E-state index is 11.7. The lowest BCUT2D eigenvalue weighted by Gasteiger charge is -2.14. The van der Waals surface area contributed by atoms with Crippen molar-refractivity contribution in [2.75, 3.05) is 5.32 Å². The monoisotopic (exact) mass is 300 g/mol. The highest BCUT2D eigenvalue weighted by Gasteiger charge is 2.25. The number of aromatic amines is 1. The molecule has 1 aliphatic rings. The van der Waals surface area contributed by atoms with Gasteiger partial charge in [-0.2, -0.15) is 0 Å². The van der Waals surface area contributed by atoms with Crippen LogP contribution in [0.4, 0.5) is 5.82 Å². The SMILES string of the molecule is CC(Nc1nc[nH]c(=O)c1Br)C(=O)NC1CC1. The van der Waals surface area contributed by atoms with Crippen LogP contribution in [-0.4, -0.2) is 28.0 Å². The molecule has 7 heteroatoms. The average molecular weight is 301 g/mol. The van der Waals surface area contributed by atoms with Crippen molar-refractivity contribution < 1.29 is 4.79 Å². The van der Waals surface area contributed by atoms with Crippen molar-refractivity contribution in [3.05, 3.63) is 21.2 Å². The molecule has 2 rings (SSSR count). The number of amides is 1. The van der Waals surface area contributed by atoms with E-state index in [4.69, 9.17) is 0 Å². The van der Waals surface area contributed by atoms with Crippen LogP contribution >= 0.6 is 15.9 Å². The molecule has 0 radical (unpaired) electrons. The number of carbonyl (C=O) groups excluding carboxylic acids is 1. The molecule has 17 heavy (non-hydrogen) atoms. The van der Waals surface area contributed by atoms with Crippen LogP contribution in [0.3, 0.4) is 0 Å². The lowest BCUT2D eigenvalue weighted by Crippen LogP contribution is -2.39. The lowest BCUT2D eigenvalue weighted by molar-refractivity contribution is -0.121. The molecule has 0 aromatic carbocycles. The van der Waals surface area contributed by atoms with Gasteiger partial charge in [-0.15, -0.1) is 0 Å². The highest BCUT2D eigenvalue weighted by atomic mass is 79.9. The average Bonchev–Trinajstić information content (AvgIpc) is 3.08. The van der Waals surface area contributed by atoms with E-state index in [1.165, 1.54) is 6.33 Å². The summed E-state index contributed by atoms with van der Waals surface area (Å²) in [5, 5.41) is 5.77. The summed E-state index contributed by atoms with van der Waals surface area (Å²) < 4.78 is 0.297. The van der Waals surface area contributed by atoms with Crippen molar-refractivity contribution in [3.63, 3.8) is 0 Å². The molecule has 1 aliphatic carbocycles. The predicted molar refractivity (Wildman–Crippen MR) is 66.8 cm³/mol. The third kappa shape index (κ3) is 3.06. The summed E-state index contributed by atoms with van der Waals surface area (Å²) >= 11 is 3.12. The third-order valence-corrected chi connectivity index (χ3v) is 3.20. The molecule has 92 valence electrons. The van der Waals surface area contributed by atoms with E-state index in [-0.39, 0.29) is 11.5 Å². The van der Waals surface area contributed by atoms with Gasteiger partial charge in [0, 0.05) is 6.04 Å². The van der Waals surface area contributed by atoms with Crippen LogP contribution in [0, 0.1) is 0 Å². The van der Waals surface area contributed by atoms with E-state index in [0.717, 1.165) is 12.8 Å². The maximum atomic E-state index is 11.7. The van der Waals surface area contributed by atoms with Crippen LogP contribution in [0.25, 0.3) is 0 Å². The van der Waals surface area contributed by atoms with E-state index < -0.39 is 6.04 Å². The lowest BCUT2D eigenvalue weighted by atomic mass is 10.3. The molecule has 1 atom stereocenters. The second-order valence-electron chi connectivity index (χ2n) is 4.04. The third-order valence-electron chi connectivity index (χ3n) is 2.47. The van der Waals surface area contributed by atoms with Gasteiger partial charge in [-0.05, 0) is 35.7 Å². The summed E-state index contributed by atoms with van der Waals surface area (Å²) in [6.45, 7) is 1.73. The highest BCUT2D eigenvalue weighted by Crippen LogP contribution is 2.19. The van der Waals surface area contributed by atoms with Gasteiger partial charge in [0.15, 0.2) is 0 Å². The fourth-order valence-electron chi connectivity index (χ4n) is 1.31. The summed E-state index contributed by atoms with van der Waals surface area (Å²) in [7, 11) is 0. The first-order chi connectivity index (χ1) is 8.08. The first-order valence-electron chi connectivity index (χ1n) is 5.38. The largest absolute Gasteiger partial charge is 0.357 e. The van der Waals surface area contributed by atoms with Crippen molar-refractivity contribution in [2.45, 2.75) is 31.8 Å². The Morgan fingerprint density at radius 1 is 1.65 bits per heavy atom. The van der Waals surface area contributed by atoms with Crippen LogP contribution in [0.5, 0.6) is 0 Å². The molecule has 0 saturated heterocycles. The zero-order valence-electron chi connectivity index (χ0n) is 9.29. The molecule has 1 aromatic heterocycles. The highest BCUT2D eigenvalue weighted by molar-refractivity contribution is 9.10. The van der Waals surface area contributed by atoms with Crippen LogP contribution < -0.4 is 16.2 Å². The Kier molecular flexibility index (Phi) is 3.46. The van der Waals surface area contributed by atoms with Crippen LogP contribution in [-0.2, 0) is 4.79 Å². The minimum Gasteiger partial charge on any atom is -0.357 e. The van der Waals surface area contributed by atoms with Gasteiger partial charge in [-0.3, -0.25) is 9.59 Å². The van der Waals surface area contributed by atoms with Crippen molar-refractivity contribution in [1.82, 2.24) is 15.3 Å². The quantitative estimate of drug-likeness (QED) is 0.760. The standard InChI is InChI=1S/C10H13BrN4O2/c1-5(9(16)15-6-2-3-6)14-8-7(11)10(17)13-4-12-8/h4-6H,2-3H2,1H3,(H,15,16)(H2,12,13,14,17). The Bertz CT molecular complexity index is 483. The normalized spacial score (nSPS) is 16.4. The van der Waals surface area contributed by atoms with Crippen molar-refractivity contribution in [3.8, 4) is 0 Å². The zero-order valence-corrected chi connectivity index (χ0v) is 10.9. The molecule has 1 unspecified atom stereocenters. The van der Waals surface area contributed by atoms with Crippen molar-refractivity contribution in [2.24, 2.45) is 0 Å². The summed E-state index contributed by atoms with van der Waals surface area (Å²) in [6.07, 6.45) is 3.39. The van der Waals surface area contributed by atoms with Gasteiger partial charge in [0.2, 0.25) is 5.91 Å². The fourth-order valence-corrected chi connectivity index (χ4v) is 1.64. The number of anilines is 1. The molecular formula is C10H13BrN4O2. The van der Waals surface area contributed by atoms with Gasteiger partial charge in [0.05, 0.1) is 6.33 Å². The maximum Gasteiger partial charge on any atom is 0.267 e. The zero-order chi connectivity index (χ0) is 12.4. The number of nitrogens with zero attached hydrogens (tertiary/aromatic N) is 1. The minimum absolute atomic E-state index is 0.0820. The molecule has 1 aromatic rings. The van der Waals surface area contributed by atoms with Crippen molar-refractivity contribution in [1.29, 1.82) is 0 Å². The van der Waals surface area contributed by atoms with Crippen LogP contribution in [0.2, 0.25) is 0 Å². The summed E-state index contributed by atoms with van der Waals surface area (Å²) in [6, 6.07) is -0.108. The van der Waals surface area contributed by atoms with E-state index in [9.17, 15) is 9.59 Å². The van der Waals surface area contributed by atoms with Gasteiger partial charge in [-0.1, -0.05) is 0 Å². The van der Waals surface area contributed by atoms with E-state index in [2.05, 4.69) is 36.5 Å². The Morgan fingerprint density at radius 2 is 2.35 bits per heavy atom. The number of hydrogen-bond donors (Lipinski definition) is 3. The number of nitrogens with one attached hydrogen (secondary N) is 3. The van der Waals surface area contributed by atoms with Crippen LogP contribution in [0.1, 0.15) is 19.8 Å². The number of hydrogen-bond acceptors (Lipinski definition) is 4. The van der Waals surface area contributed by atoms with E-state index in [1.54, 1.807) is 6.92 Å². The molecule has 0 bridgehead atoms. The fraction of sp³-hybridized carbons (Fsp3) is 0.500. The molecule has 0 aliphatic heterocycles.